The Bertz CT molecular complexity index is 602. The van der Waals surface area contributed by atoms with E-state index in [9.17, 15) is 5.11 Å². The lowest BCUT2D eigenvalue weighted by Gasteiger charge is -2.10. The minimum absolute atomic E-state index is 0.127. The van der Waals surface area contributed by atoms with Crippen LogP contribution in [0.4, 0.5) is 0 Å². The van der Waals surface area contributed by atoms with Gasteiger partial charge in [0.2, 0.25) is 0 Å². The maximum absolute atomic E-state index is 9.76. The van der Waals surface area contributed by atoms with Crippen LogP contribution in [0, 0.1) is 0 Å². The zero-order chi connectivity index (χ0) is 15.2. The van der Waals surface area contributed by atoms with Gasteiger partial charge in [0.05, 0.1) is 11.6 Å². The number of methoxy groups -OCH3 is 1. The third-order valence-corrected chi connectivity index (χ3v) is 4.00. The Morgan fingerprint density at radius 3 is 2.57 bits per heavy atom. The lowest BCUT2D eigenvalue weighted by Crippen LogP contribution is -2.16. The first-order valence-electron chi connectivity index (χ1n) is 6.60. The van der Waals surface area contributed by atoms with E-state index in [1.54, 1.807) is 7.11 Å². The predicted octanol–water partition coefficient (Wildman–Crippen LogP) is 4.15. The Morgan fingerprint density at radius 1 is 1.19 bits per heavy atom. The summed E-state index contributed by atoms with van der Waals surface area (Å²) in [6.07, 6.45) is 0.938. The van der Waals surface area contributed by atoms with Crippen LogP contribution in [0.1, 0.15) is 11.1 Å². The average molecular weight is 371 g/mol. The van der Waals surface area contributed by atoms with Gasteiger partial charge >= 0.3 is 0 Å². The Balaban J connectivity index is 1.86. The molecule has 0 saturated carbocycles. The molecule has 0 unspecified atom stereocenters. The summed E-state index contributed by atoms with van der Waals surface area (Å²) in [5.74, 6) is 0.598. The fourth-order valence-corrected chi connectivity index (χ4v) is 2.62. The molecule has 0 heterocycles. The number of nitrogens with one attached hydrogen (secondary N) is 1. The van der Waals surface area contributed by atoms with Crippen molar-refractivity contribution in [2.75, 3.05) is 13.7 Å². The van der Waals surface area contributed by atoms with Crippen molar-refractivity contribution in [2.45, 2.75) is 13.0 Å². The maximum atomic E-state index is 9.76. The van der Waals surface area contributed by atoms with E-state index in [1.807, 2.05) is 36.4 Å². The topological polar surface area (TPSA) is 41.5 Å². The van der Waals surface area contributed by atoms with E-state index in [2.05, 4.69) is 21.2 Å². The van der Waals surface area contributed by atoms with E-state index in [0.29, 0.717) is 16.8 Å². The molecule has 0 aromatic heterocycles. The van der Waals surface area contributed by atoms with Crippen LogP contribution in [0.3, 0.4) is 0 Å². The predicted molar refractivity (Wildman–Crippen MR) is 89.2 cm³/mol. The lowest BCUT2D eigenvalue weighted by molar-refractivity contribution is 0.371. The van der Waals surface area contributed by atoms with Crippen molar-refractivity contribution in [2.24, 2.45) is 0 Å². The summed E-state index contributed by atoms with van der Waals surface area (Å²) in [7, 11) is 1.54. The van der Waals surface area contributed by atoms with Crippen molar-refractivity contribution in [3.05, 3.63) is 57.0 Å². The molecule has 2 aromatic rings. The number of rotatable bonds is 6. The average Bonchev–Trinajstić information content (AvgIpc) is 2.48. The molecule has 21 heavy (non-hydrogen) atoms. The summed E-state index contributed by atoms with van der Waals surface area (Å²) in [6, 6.07) is 11.6. The fourth-order valence-electron chi connectivity index (χ4n) is 2.00. The minimum Gasteiger partial charge on any atom is -0.503 e. The van der Waals surface area contributed by atoms with Crippen molar-refractivity contribution in [3.63, 3.8) is 0 Å². The van der Waals surface area contributed by atoms with Gasteiger partial charge in [-0.1, -0.05) is 23.7 Å². The first-order valence-corrected chi connectivity index (χ1v) is 7.78. The third kappa shape index (κ3) is 4.63. The highest BCUT2D eigenvalue weighted by Gasteiger charge is 2.08. The number of phenols is 1. The maximum Gasteiger partial charge on any atom is 0.172 e. The van der Waals surface area contributed by atoms with Crippen molar-refractivity contribution in [1.29, 1.82) is 0 Å². The highest BCUT2D eigenvalue weighted by molar-refractivity contribution is 9.10. The van der Waals surface area contributed by atoms with Gasteiger partial charge in [-0.15, -0.1) is 0 Å². The minimum atomic E-state index is 0.127. The van der Waals surface area contributed by atoms with Crippen LogP contribution in [0.25, 0.3) is 0 Å². The van der Waals surface area contributed by atoms with Gasteiger partial charge in [0.1, 0.15) is 0 Å². The molecule has 0 aliphatic heterocycles. The first kappa shape index (κ1) is 16.1. The Hall–Kier alpha value is -1.23. The largest absolute Gasteiger partial charge is 0.503 e. The normalized spacial score (nSPS) is 10.6. The number of benzene rings is 2. The standard InChI is InChI=1S/C16H17BrClNO2/c1-21-15-9-12(8-14(17)16(15)20)10-19-7-6-11-2-4-13(18)5-3-11/h2-5,8-9,19-20H,6-7,10H2,1H3. The first-order chi connectivity index (χ1) is 10.1. The van der Waals surface area contributed by atoms with Crippen molar-refractivity contribution in [1.82, 2.24) is 5.32 Å². The van der Waals surface area contributed by atoms with Crippen LogP contribution in [-0.4, -0.2) is 18.8 Å². The second-order valence-corrected chi connectivity index (χ2v) is 5.97. The van der Waals surface area contributed by atoms with Gasteiger partial charge in [-0.25, -0.2) is 0 Å². The van der Waals surface area contributed by atoms with Gasteiger partial charge in [0.25, 0.3) is 0 Å². The molecule has 0 amide bonds. The SMILES string of the molecule is COc1cc(CNCCc2ccc(Cl)cc2)cc(Br)c1O. The van der Waals surface area contributed by atoms with Crippen LogP contribution in [0.2, 0.25) is 5.02 Å². The van der Waals surface area contributed by atoms with Crippen LogP contribution >= 0.6 is 27.5 Å². The van der Waals surface area contributed by atoms with Gasteiger partial charge < -0.3 is 15.2 Å². The number of ether oxygens (including phenoxy) is 1. The van der Waals surface area contributed by atoms with Crippen molar-refractivity contribution >= 4 is 27.5 Å². The summed E-state index contributed by atoms with van der Waals surface area (Å²) < 4.78 is 5.77. The Labute approximate surface area is 138 Å². The molecule has 2 aromatic carbocycles. The summed E-state index contributed by atoms with van der Waals surface area (Å²) in [5, 5.41) is 13.9. The molecule has 2 rings (SSSR count). The van der Waals surface area contributed by atoms with Gasteiger partial charge in [0, 0.05) is 11.6 Å². The van der Waals surface area contributed by atoms with E-state index in [-0.39, 0.29) is 5.75 Å². The number of hydrogen-bond donors (Lipinski definition) is 2. The molecule has 0 spiro atoms. The zero-order valence-corrected chi connectivity index (χ0v) is 14.0. The molecule has 5 heteroatoms. The molecule has 0 aliphatic rings. The highest BCUT2D eigenvalue weighted by atomic mass is 79.9. The van der Waals surface area contributed by atoms with Gasteiger partial charge in [-0.3, -0.25) is 0 Å². The lowest BCUT2D eigenvalue weighted by atomic mass is 10.1. The third-order valence-electron chi connectivity index (χ3n) is 3.14. The van der Waals surface area contributed by atoms with Gasteiger partial charge in [-0.05, 0) is 64.3 Å². The molecule has 2 N–H and O–H groups in total. The van der Waals surface area contributed by atoms with E-state index in [4.69, 9.17) is 16.3 Å². The number of phenolic OH excluding ortho intramolecular Hbond substituents is 1. The highest BCUT2D eigenvalue weighted by Crippen LogP contribution is 2.35. The second kappa shape index (κ2) is 7.69. The Kier molecular flexibility index (Phi) is 5.91. The second-order valence-electron chi connectivity index (χ2n) is 4.68. The molecule has 112 valence electrons. The zero-order valence-electron chi connectivity index (χ0n) is 11.7. The monoisotopic (exact) mass is 369 g/mol. The smallest absolute Gasteiger partial charge is 0.172 e. The summed E-state index contributed by atoms with van der Waals surface area (Å²) in [6.45, 7) is 1.57. The van der Waals surface area contributed by atoms with E-state index >= 15 is 0 Å². The van der Waals surface area contributed by atoms with Crippen molar-refractivity contribution < 1.29 is 9.84 Å². The molecular weight excluding hydrogens is 354 g/mol. The molecule has 0 atom stereocenters. The molecular formula is C16H17BrClNO2. The summed E-state index contributed by atoms with van der Waals surface area (Å²) in [5.41, 5.74) is 2.30. The van der Waals surface area contributed by atoms with E-state index < -0.39 is 0 Å². The molecule has 0 aliphatic carbocycles. The van der Waals surface area contributed by atoms with Gasteiger partial charge in [0.15, 0.2) is 11.5 Å². The van der Waals surface area contributed by atoms with Crippen LogP contribution in [-0.2, 0) is 13.0 Å². The number of halogens is 2. The number of aromatic hydroxyl groups is 1. The molecule has 0 fully saturated rings. The van der Waals surface area contributed by atoms with Gasteiger partial charge in [-0.2, -0.15) is 0 Å². The van der Waals surface area contributed by atoms with Crippen LogP contribution in [0.15, 0.2) is 40.9 Å². The summed E-state index contributed by atoms with van der Waals surface area (Å²) >= 11 is 9.18. The van der Waals surface area contributed by atoms with E-state index in [0.717, 1.165) is 23.6 Å². The molecule has 0 radical (unpaired) electrons. The van der Waals surface area contributed by atoms with Crippen LogP contribution < -0.4 is 10.1 Å². The van der Waals surface area contributed by atoms with E-state index in [1.165, 1.54) is 5.56 Å². The van der Waals surface area contributed by atoms with Crippen molar-refractivity contribution in [3.8, 4) is 11.5 Å². The quantitative estimate of drug-likeness (QED) is 0.751. The molecule has 0 bridgehead atoms. The molecule has 3 nitrogen and oxygen atoms in total. The Morgan fingerprint density at radius 2 is 1.90 bits per heavy atom. The summed E-state index contributed by atoms with van der Waals surface area (Å²) in [4.78, 5) is 0. The number of hydrogen-bond acceptors (Lipinski definition) is 3. The fraction of sp³-hybridized carbons (Fsp3) is 0.250. The van der Waals surface area contributed by atoms with Crippen LogP contribution in [0.5, 0.6) is 11.5 Å². The molecule has 0 saturated heterocycles.